The molecule has 5 nitrogen and oxygen atoms in total. The van der Waals surface area contributed by atoms with E-state index in [-0.39, 0.29) is 18.0 Å². The van der Waals surface area contributed by atoms with Crippen LogP contribution in [0.2, 0.25) is 0 Å². The summed E-state index contributed by atoms with van der Waals surface area (Å²) in [5, 5.41) is 0. The van der Waals surface area contributed by atoms with Crippen LogP contribution in [0.25, 0.3) is 0 Å². The van der Waals surface area contributed by atoms with E-state index in [0.717, 1.165) is 31.4 Å². The summed E-state index contributed by atoms with van der Waals surface area (Å²) in [6.07, 6.45) is 7.52. The van der Waals surface area contributed by atoms with Gasteiger partial charge in [0.2, 0.25) is 0 Å². The lowest BCUT2D eigenvalue weighted by Gasteiger charge is -2.35. The highest BCUT2D eigenvalue weighted by Gasteiger charge is 2.41. The molecule has 0 spiro atoms. The lowest BCUT2D eigenvalue weighted by Crippen LogP contribution is -2.36. The molecule has 5 heteroatoms. The van der Waals surface area contributed by atoms with Crippen LogP contribution in [0.5, 0.6) is 0 Å². The van der Waals surface area contributed by atoms with Crippen LogP contribution in [0.15, 0.2) is 47.5 Å². The van der Waals surface area contributed by atoms with E-state index in [0.29, 0.717) is 12.8 Å². The van der Waals surface area contributed by atoms with Gasteiger partial charge in [-0.25, -0.2) is 4.79 Å². The first-order valence-corrected chi connectivity index (χ1v) is 9.44. The summed E-state index contributed by atoms with van der Waals surface area (Å²) in [5.74, 6) is -0.542. The number of carbonyl (C=O) groups is 2. The average Bonchev–Trinajstić information content (AvgIpc) is 2.72. The molecule has 1 aromatic rings. The number of allylic oxidation sites excluding steroid dienone is 1. The van der Waals surface area contributed by atoms with E-state index in [1.165, 1.54) is 25.9 Å². The summed E-state index contributed by atoms with van der Waals surface area (Å²) in [7, 11) is 2.79. The van der Waals surface area contributed by atoms with Crippen molar-refractivity contribution in [3.63, 3.8) is 0 Å². The second-order valence-corrected chi connectivity index (χ2v) is 7.02. The van der Waals surface area contributed by atoms with Gasteiger partial charge < -0.3 is 9.47 Å². The molecule has 0 N–H and O–H groups in total. The van der Waals surface area contributed by atoms with E-state index in [2.05, 4.69) is 23.8 Å². The Hall–Kier alpha value is -2.43. The third-order valence-electron chi connectivity index (χ3n) is 5.31. The van der Waals surface area contributed by atoms with Gasteiger partial charge in [0.25, 0.3) is 0 Å². The van der Waals surface area contributed by atoms with E-state index < -0.39 is 5.41 Å². The van der Waals surface area contributed by atoms with E-state index in [1.54, 1.807) is 6.08 Å². The monoisotopic (exact) mass is 371 g/mol. The van der Waals surface area contributed by atoms with Gasteiger partial charge in [-0.3, -0.25) is 9.79 Å². The number of benzene rings is 1. The van der Waals surface area contributed by atoms with Crippen LogP contribution in [0, 0.1) is 5.41 Å². The summed E-state index contributed by atoms with van der Waals surface area (Å²) in [4.78, 5) is 28.5. The van der Waals surface area contributed by atoms with E-state index in [1.807, 2.05) is 18.2 Å². The minimum absolute atomic E-state index is 0.120. The van der Waals surface area contributed by atoms with Crippen LogP contribution in [-0.2, 0) is 19.1 Å². The molecule has 0 amide bonds. The second kappa shape index (κ2) is 10.0. The summed E-state index contributed by atoms with van der Waals surface area (Å²) in [5.41, 5.74) is 1.86. The number of methoxy groups -OCH3 is 2. The molecule has 0 heterocycles. The zero-order chi connectivity index (χ0) is 19.7. The molecular formula is C22H29NO4. The molecule has 0 saturated heterocycles. The summed E-state index contributed by atoms with van der Waals surface area (Å²) in [6, 6.07) is 10.3. The van der Waals surface area contributed by atoms with Gasteiger partial charge in [-0.15, -0.1) is 0 Å². The van der Waals surface area contributed by atoms with Crippen molar-refractivity contribution < 1.29 is 19.1 Å². The van der Waals surface area contributed by atoms with E-state index in [4.69, 9.17) is 9.73 Å². The zero-order valence-electron chi connectivity index (χ0n) is 16.4. The highest BCUT2D eigenvalue weighted by molar-refractivity contribution is 5.88. The predicted octanol–water partition coefficient (Wildman–Crippen LogP) is 4.43. The van der Waals surface area contributed by atoms with Crippen molar-refractivity contribution in [2.75, 3.05) is 14.2 Å². The molecule has 0 aliphatic heterocycles. The Kier molecular flexibility index (Phi) is 7.77. The number of ether oxygens (including phenoxy) is 2. The second-order valence-electron chi connectivity index (χ2n) is 7.02. The normalized spacial score (nSPS) is 20.9. The lowest BCUT2D eigenvalue weighted by atomic mass is 9.70. The number of hydrogen-bond donors (Lipinski definition) is 0. The van der Waals surface area contributed by atoms with Crippen molar-refractivity contribution in [2.24, 2.45) is 10.4 Å². The van der Waals surface area contributed by atoms with Crippen LogP contribution in [0.4, 0.5) is 0 Å². The molecule has 1 fully saturated rings. The molecule has 27 heavy (non-hydrogen) atoms. The Morgan fingerprint density at radius 1 is 1.15 bits per heavy atom. The van der Waals surface area contributed by atoms with Gasteiger partial charge in [-0.2, -0.15) is 0 Å². The maximum atomic E-state index is 12.4. The topological polar surface area (TPSA) is 65.0 Å². The van der Waals surface area contributed by atoms with Crippen LogP contribution < -0.4 is 0 Å². The van der Waals surface area contributed by atoms with Crippen LogP contribution >= 0.6 is 0 Å². The standard InChI is InChI=1S/C22H29NO4/c1-17(18-9-5-4-6-10-18)23-19-12-15-22(16-13-19,21(25)27-3)14-8-7-11-20(24)26-2/h4-7,9-11,17H,8,12-16H2,1-3H3/b11-7+,23-19?/t17-,22?/m1/s1. The fraction of sp³-hybridized carbons (Fsp3) is 0.500. The van der Waals surface area contributed by atoms with Crippen LogP contribution in [-0.4, -0.2) is 31.9 Å². The number of carbonyl (C=O) groups excluding carboxylic acids is 2. The molecule has 1 aliphatic rings. The largest absolute Gasteiger partial charge is 0.469 e. The SMILES string of the molecule is COC(=O)/C=C/CCC1(C(=O)OC)CCC(=N[C@H](C)c2ccccc2)CC1. The van der Waals surface area contributed by atoms with Gasteiger partial charge in [-0.1, -0.05) is 36.4 Å². The maximum absolute atomic E-state index is 12.4. The molecule has 1 aromatic carbocycles. The Labute approximate surface area is 161 Å². The molecule has 0 bridgehead atoms. The number of hydrogen-bond acceptors (Lipinski definition) is 5. The third-order valence-corrected chi connectivity index (χ3v) is 5.31. The minimum atomic E-state index is -0.496. The quantitative estimate of drug-likeness (QED) is 0.525. The predicted molar refractivity (Wildman–Crippen MR) is 106 cm³/mol. The van der Waals surface area contributed by atoms with Crippen LogP contribution in [0.3, 0.4) is 0 Å². The van der Waals surface area contributed by atoms with Gasteiger partial charge in [0.1, 0.15) is 0 Å². The molecule has 146 valence electrons. The van der Waals surface area contributed by atoms with Crippen molar-refractivity contribution in [2.45, 2.75) is 51.5 Å². The van der Waals surface area contributed by atoms with Crippen molar-refractivity contribution in [3.8, 4) is 0 Å². The van der Waals surface area contributed by atoms with Crippen molar-refractivity contribution >= 4 is 17.7 Å². The Morgan fingerprint density at radius 3 is 2.41 bits per heavy atom. The Bertz CT molecular complexity index is 684. The summed E-state index contributed by atoms with van der Waals surface area (Å²) < 4.78 is 9.67. The smallest absolute Gasteiger partial charge is 0.330 e. The molecule has 2 rings (SSSR count). The van der Waals surface area contributed by atoms with E-state index >= 15 is 0 Å². The third kappa shape index (κ3) is 5.78. The van der Waals surface area contributed by atoms with Gasteiger partial charge in [0.05, 0.1) is 25.7 Å². The average molecular weight is 371 g/mol. The first-order valence-electron chi connectivity index (χ1n) is 9.44. The maximum Gasteiger partial charge on any atom is 0.330 e. The van der Waals surface area contributed by atoms with Gasteiger partial charge in [0.15, 0.2) is 0 Å². The van der Waals surface area contributed by atoms with E-state index in [9.17, 15) is 9.59 Å². The highest BCUT2D eigenvalue weighted by atomic mass is 16.5. The lowest BCUT2D eigenvalue weighted by molar-refractivity contribution is -0.154. The number of esters is 2. The summed E-state index contributed by atoms with van der Waals surface area (Å²) in [6.45, 7) is 2.10. The fourth-order valence-electron chi connectivity index (χ4n) is 3.61. The number of nitrogens with zero attached hydrogens (tertiary/aromatic N) is 1. The van der Waals surface area contributed by atoms with Crippen LogP contribution in [0.1, 0.15) is 57.1 Å². The first-order chi connectivity index (χ1) is 13.0. The Morgan fingerprint density at radius 2 is 1.81 bits per heavy atom. The minimum Gasteiger partial charge on any atom is -0.469 e. The molecule has 0 radical (unpaired) electrons. The molecule has 1 saturated carbocycles. The van der Waals surface area contributed by atoms with Crippen molar-refractivity contribution in [3.05, 3.63) is 48.0 Å². The molecular weight excluding hydrogens is 342 g/mol. The molecule has 1 aliphatic carbocycles. The summed E-state index contributed by atoms with van der Waals surface area (Å²) >= 11 is 0. The highest BCUT2D eigenvalue weighted by Crippen LogP contribution is 2.41. The van der Waals surface area contributed by atoms with Gasteiger partial charge >= 0.3 is 11.9 Å². The fourth-order valence-corrected chi connectivity index (χ4v) is 3.61. The molecule has 1 atom stereocenters. The first kappa shape index (κ1) is 20.9. The van der Waals surface area contributed by atoms with Gasteiger partial charge in [-0.05, 0) is 51.0 Å². The van der Waals surface area contributed by atoms with Crippen molar-refractivity contribution in [1.29, 1.82) is 0 Å². The molecule has 0 aromatic heterocycles. The zero-order valence-corrected chi connectivity index (χ0v) is 16.4. The van der Waals surface area contributed by atoms with Crippen molar-refractivity contribution in [1.82, 2.24) is 0 Å². The number of aliphatic imine (C=N–C) groups is 1. The Balaban J connectivity index is 2.00. The molecule has 0 unspecified atom stereocenters. The van der Waals surface area contributed by atoms with Gasteiger partial charge in [0, 0.05) is 11.8 Å². The number of rotatable bonds is 7.